The molecule has 5 heteroatoms. The molecule has 2 unspecified atom stereocenters. The van der Waals surface area contributed by atoms with E-state index in [1.54, 1.807) is 7.11 Å². The van der Waals surface area contributed by atoms with E-state index in [0.29, 0.717) is 32.4 Å². The van der Waals surface area contributed by atoms with Gasteiger partial charge in [-0.1, -0.05) is 0 Å². The molecule has 2 atom stereocenters. The molecule has 0 aliphatic rings. The van der Waals surface area contributed by atoms with Crippen LogP contribution in [0.25, 0.3) is 0 Å². The fraction of sp³-hybridized carbons (Fsp3) is 1.00. The van der Waals surface area contributed by atoms with Crippen molar-refractivity contribution in [2.45, 2.75) is 25.5 Å². The molecule has 0 fully saturated rings. The van der Waals surface area contributed by atoms with Crippen LogP contribution in [-0.2, 0) is 9.47 Å². The Morgan fingerprint density at radius 3 is 2.75 bits per heavy atom. The summed E-state index contributed by atoms with van der Waals surface area (Å²) in [6.07, 6.45) is 2.79. The van der Waals surface area contributed by atoms with Crippen molar-refractivity contribution < 1.29 is 14.6 Å². The lowest BCUT2D eigenvalue weighted by atomic mass is 10.2. The summed E-state index contributed by atoms with van der Waals surface area (Å²) in [5.74, 6) is 1.15. The van der Waals surface area contributed by atoms with Crippen LogP contribution in [0.2, 0.25) is 0 Å². The normalized spacial score (nSPS) is 15.0. The predicted molar refractivity (Wildman–Crippen MR) is 69.2 cm³/mol. The van der Waals surface area contributed by atoms with Crippen LogP contribution in [0.4, 0.5) is 0 Å². The van der Waals surface area contributed by atoms with Crippen LogP contribution in [0.5, 0.6) is 0 Å². The zero-order chi connectivity index (χ0) is 12.2. The van der Waals surface area contributed by atoms with Gasteiger partial charge in [0.1, 0.15) is 0 Å². The highest BCUT2D eigenvalue weighted by Gasteiger charge is 2.06. The van der Waals surface area contributed by atoms with Gasteiger partial charge in [-0.15, -0.1) is 0 Å². The van der Waals surface area contributed by atoms with E-state index < -0.39 is 6.10 Å². The molecule has 98 valence electrons. The van der Waals surface area contributed by atoms with Crippen molar-refractivity contribution in [2.75, 3.05) is 45.5 Å². The number of aliphatic hydroxyl groups excluding tert-OH is 1. The van der Waals surface area contributed by atoms with Crippen LogP contribution in [0, 0.1) is 0 Å². The van der Waals surface area contributed by atoms with Crippen LogP contribution >= 0.6 is 11.8 Å². The Morgan fingerprint density at radius 2 is 2.12 bits per heavy atom. The molecule has 16 heavy (non-hydrogen) atoms. The number of aliphatic hydroxyl groups is 1. The van der Waals surface area contributed by atoms with E-state index >= 15 is 0 Å². The van der Waals surface area contributed by atoms with Crippen molar-refractivity contribution >= 4 is 11.8 Å². The van der Waals surface area contributed by atoms with Crippen LogP contribution in [-0.4, -0.2) is 62.7 Å². The van der Waals surface area contributed by atoms with Crippen LogP contribution in [0.3, 0.4) is 0 Å². The number of ether oxygens (including phenoxy) is 2. The van der Waals surface area contributed by atoms with Crippen molar-refractivity contribution in [3.05, 3.63) is 0 Å². The second kappa shape index (κ2) is 11.7. The first-order chi connectivity index (χ1) is 7.70. The Balaban J connectivity index is 3.31. The maximum Gasteiger partial charge on any atom is 0.0897 e. The molecule has 0 bridgehead atoms. The van der Waals surface area contributed by atoms with Crippen LogP contribution < -0.4 is 5.32 Å². The fourth-order valence-corrected chi connectivity index (χ4v) is 1.74. The second-order valence-electron chi connectivity index (χ2n) is 3.81. The highest BCUT2D eigenvalue weighted by Crippen LogP contribution is 1.99. The third-order valence-electron chi connectivity index (χ3n) is 2.20. The molecule has 4 nitrogen and oxygen atoms in total. The Labute approximate surface area is 103 Å². The molecule has 0 aromatic carbocycles. The molecule has 2 N–H and O–H groups in total. The zero-order valence-corrected chi connectivity index (χ0v) is 11.4. The third kappa shape index (κ3) is 10.7. The summed E-state index contributed by atoms with van der Waals surface area (Å²) >= 11 is 1.84. The summed E-state index contributed by atoms with van der Waals surface area (Å²) in [5, 5.41) is 12.9. The van der Waals surface area contributed by atoms with Gasteiger partial charge in [0.25, 0.3) is 0 Å². The minimum atomic E-state index is -0.436. The van der Waals surface area contributed by atoms with Gasteiger partial charge < -0.3 is 19.9 Å². The Bertz CT molecular complexity index is 149. The second-order valence-corrected chi connectivity index (χ2v) is 4.80. The van der Waals surface area contributed by atoms with Gasteiger partial charge in [0.05, 0.1) is 25.9 Å². The lowest BCUT2D eigenvalue weighted by Crippen LogP contribution is -2.36. The number of rotatable bonds is 11. The van der Waals surface area contributed by atoms with Gasteiger partial charge in [0.2, 0.25) is 0 Å². The lowest BCUT2D eigenvalue weighted by Gasteiger charge is -2.16. The van der Waals surface area contributed by atoms with Gasteiger partial charge in [-0.05, 0) is 25.4 Å². The third-order valence-corrected chi connectivity index (χ3v) is 2.84. The van der Waals surface area contributed by atoms with Crippen molar-refractivity contribution in [1.29, 1.82) is 0 Å². The molecule has 0 aliphatic carbocycles. The van der Waals surface area contributed by atoms with Crippen LogP contribution in [0.15, 0.2) is 0 Å². The lowest BCUT2D eigenvalue weighted by molar-refractivity contribution is 0.0130. The Hall–Kier alpha value is 0.190. The first kappa shape index (κ1) is 16.2. The van der Waals surface area contributed by atoms with Crippen molar-refractivity contribution in [3.8, 4) is 0 Å². The Morgan fingerprint density at radius 1 is 1.38 bits per heavy atom. The summed E-state index contributed by atoms with van der Waals surface area (Å²) in [6.45, 7) is 4.20. The summed E-state index contributed by atoms with van der Waals surface area (Å²) in [5.41, 5.74) is 0. The van der Waals surface area contributed by atoms with Crippen molar-refractivity contribution in [1.82, 2.24) is 5.32 Å². The van der Waals surface area contributed by atoms with Gasteiger partial charge >= 0.3 is 0 Å². The molecule has 0 saturated heterocycles. The maximum atomic E-state index is 9.59. The van der Waals surface area contributed by atoms with Gasteiger partial charge in [0, 0.05) is 19.7 Å². The van der Waals surface area contributed by atoms with E-state index in [0.717, 1.165) is 12.2 Å². The number of thioether (sulfide) groups is 1. The Kier molecular flexibility index (Phi) is 11.8. The van der Waals surface area contributed by atoms with Crippen LogP contribution in [0.1, 0.15) is 13.3 Å². The van der Waals surface area contributed by atoms with Gasteiger partial charge in [0.15, 0.2) is 0 Å². The number of hydrogen-bond donors (Lipinski definition) is 2. The average Bonchev–Trinajstić information content (AvgIpc) is 2.29. The fourth-order valence-electron chi connectivity index (χ4n) is 1.15. The first-order valence-corrected chi connectivity index (χ1v) is 7.07. The van der Waals surface area contributed by atoms with Crippen molar-refractivity contribution in [2.24, 2.45) is 0 Å². The van der Waals surface area contributed by atoms with E-state index in [1.165, 1.54) is 0 Å². The van der Waals surface area contributed by atoms with Gasteiger partial charge in [-0.3, -0.25) is 0 Å². The molecule has 0 aliphatic heterocycles. The topological polar surface area (TPSA) is 50.7 Å². The molecule has 0 saturated carbocycles. The average molecular weight is 251 g/mol. The molecule has 0 rings (SSSR count). The predicted octanol–water partition coefficient (Wildman–Crippen LogP) is 0.742. The molecule has 0 aromatic rings. The summed E-state index contributed by atoms with van der Waals surface area (Å²) in [6, 6.07) is 0.445. The summed E-state index contributed by atoms with van der Waals surface area (Å²) < 4.78 is 10.1. The van der Waals surface area contributed by atoms with Crippen molar-refractivity contribution in [3.63, 3.8) is 0 Å². The number of nitrogens with one attached hydrogen (secondary N) is 1. The smallest absolute Gasteiger partial charge is 0.0897 e. The van der Waals surface area contributed by atoms with E-state index in [-0.39, 0.29) is 0 Å². The highest BCUT2D eigenvalue weighted by atomic mass is 32.2. The molecule has 0 radical (unpaired) electrons. The monoisotopic (exact) mass is 251 g/mol. The van der Waals surface area contributed by atoms with Gasteiger partial charge in [-0.25, -0.2) is 0 Å². The maximum absolute atomic E-state index is 9.59. The molecule has 0 amide bonds. The molecule has 0 spiro atoms. The first-order valence-electron chi connectivity index (χ1n) is 5.67. The van der Waals surface area contributed by atoms with E-state index in [4.69, 9.17) is 9.47 Å². The quantitative estimate of drug-likeness (QED) is 0.531. The molecular weight excluding hydrogens is 226 g/mol. The SMILES string of the molecule is COCCOCC(O)CNC(C)CCSC. The molecule has 0 aromatic heterocycles. The number of methoxy groups -OCH3 is 1. The zero-order valence-electron chi connectivity index (χ0n) is 10.6. The number of hydrogen-bond acceptors (Lipinski definition) is 5. The molecule has 0 heterocycles. The van der Waals surface area contributed by atoms with E-state index in [1.807, 2.05) is 11.8 Å². The highest BCUT2D eigenvalue weighted by molar-refractivity contribution is 7.98. The van der Waals surface area contributed by atoms with E-state index in [9.17, 15) is 5.11 Å². The van der Waals surface area contributed by atoms with E-state index in [2.05, 4.69) is 18.5 Å². The summed E-state index contributed by atoms with van der Waals surface area (Å²) in [7, 11) is 1.63. The van der Waals surface area contributed by atoms with Gasteiger partial charge in [-0.2, -0.15) is 11.8 Å². The minimum Gasteiger partial charge on any atom is -0.389 e. The minimum absolute atomic E-state index is 0.367. The molecular formula is C11H25NO3S. The summed E-state index contributed by atoms with van der Waals surface area (Å²) in [4.78, 5) is 0. The largest absolute Gasteiger partial charge is 0.389 e. The standard InChI is InChI=1S/C11H25NO3S/c1-10(4-7-16-3)12-8-11(13)9-15-6-5-14-2/h10-13H,4-9H2,1-3H3.